The molecule has 0 saturated carbocycles. The van der Waals surface area contributed by atoms with Crippen molar-refractivity contribution in [3.63, 3.8) is 0 Å². The van der Waals surface area contributed by atoms with Crippen molar-refractivity contribution in [1.82, 2.24) is 4.98 Å². The quantitative estimate of drug-likeness (QED) is 0.456. The zero-order valence-corrected chi connectivity index (χ0v) is 10.5. The minimum Gasteiger partial charge on any atom is -0.471 e. The molecule has 12 heteroatoms. The predicted molar refractivity (Wildman–Crippen MR) is 58.4 cm³/mol. The van der Waals surface area contributed by atoms with Crippen LogP contribution in [0, 0.1) is 0 Å². The molecule has 0 saturated heterocycles. The number of nitrogens with one attached hydrogen (secondary N) is 1. The van der Waals surface area contributed by atoms with E-state index < -0.39 is 36.7 Å². The topological polar surface area (TPSA) is 60.2 Å². The van der Waals surface area contributed by atoms with Gasteiger partial charge in [-0.25, -0.2) is 14.6 Å². The average Bonchev–Trinajstić information content (AvgIpc) is 2.44. The summed E-state index contributed by atoms with van der Waals surface area (Å²) < 4.78 is 105. The van der Waals surface area contributed by atoms with E-state index in [1.165, 1.54) is 12.1 Å². The van der Waals surface area contributed by atoms with E-state index >= 15 is 0 Å². The molecular formula is C10H9F8N3O. The van der Waals surface area contributed by atoms with Crippen molar-refractivity contribution in [3.8, 4) is 5.88 Å². The van der Waals surface area contributed by atoms with Crippen LogP contribution in [0.25, 0.3) is 0 Å². The number of nitrogens with two attached hydrogens (primary N) is 1. The van der Waals surface area contributed by atoms with Crippen LogP contribution in [-0.2, 0) is 0 Å². The third kappa shape index (κ3) is 3.31. The van der Waals surface area contributed by atoms with Gasteiger partial charge in [0, 0.05) is 6.07 Å². The van der Waals surface area contributed by atoms with Crippen molar-refractivity contribution in [2.45, 2.75) is 24.2 Å². The van der Waals surface area contributed by atoms with Gasteiger partial charge in [0.2, 0.25) is 5.88 Å². The molecule has 1 heterocycles. The second kappa shape index (κ2) is 6.10. The Labute approximate surface area is 118 Å². The molecule has 0 fully saturated rings. The van der Waals surface area contributed by atoms with E-state index in [9.17, 15) is 35.1 Å². The zero-order chi connectivity index (χ0) is 17.2. The molecule has 1 aromatic heterocycles. The van der Waals surface area contributed by atoms with Gasteiger partial charge in [0.1, 0.15) is 5.82 Å². The van der Waals surface area contributed by atoms with Gasteiger partial charge >= 0.3 is 24.2 Å². The number of nitrogens with zero attached hydrogens (tertiary/aromatic N) is 1. The SMILES string of the molecule is NNc1cccc(OCC(F)(F)C(F)(F)C(F)(F)C(F)F)n1. The highest BCUT2D eigenvalue weighted by molar-refractivity contribution is 5.35. The third-order valence-electron chi connectivity index (χ3n) is 2.42. The number of rotatable bonds is 7. The molecule has 0 atom stereocenters. The number of alkyl halides is 8. The molecule has 4 nitrogen and oxygen atoms in total. The number of anilines is 1. The van der Waals surface area contributed by atoms with Gasteiger partial charge in [-0.1, -0.05) is 6.07 Å². The van der Waals surface area contributed by atoms with Gasteiger partial charge in [0.25, 0.3) is 0 Å². The maximum atomic E-state index is 13.2. The Morgan fingerprint density at radius 2 is 1.73 bits per heavy atom. The van der Waals surface area contributed by atoms with E-state index in [2.05, 4.69) is 9.72 Å². The van der Waals surface area contributed by atoms with Crippen molar-refractivity contribution in [3.05, 3.63) is 18.2 Å². The molecule has 0 amide bonds. The molecule has 126 valence electrons. The molecule has 3 N–H and O–H groups in total. The summed E-state index contributed by atoms with van der Waals surface area (Å²) in [7, 11) is 0. The molecule has 0 radical (unpaired) electrons. The number of hydrogen-bond acceptors (Lipinski definition) is 4. The number of hydrogen-bond donors (Lipinski definition) is 2. The summed E-state index contributed by atoms with van der Waals surface area (Å²) in [5, 5.41) is 0. The highest BCUT2D eigenvalue weighted by Gasteiger charge is 2.75. The molecule has 0 aliphatic heterocycles. The van der Waals surface area contributed by atoms with Crippen molar-refractivity contribution in [1.29, 1.82) is 0 Å². The summed E-state index contributed by atoms with van der Waals surface area (Å²) in [4.78, 5) is 3.40. The van der Waals surface area contributed by atoms with Crippen molar-refractivity contribution in [2.75, 3.05) is 12.0 Å². The zero-order valence-electron chi connectivity index (χ0n) is 10.5. The first-order chi connectivity index (χ1) is 9.95. The van der Waals surface area contributed by atoms with E-state index in [-0.39, 0.29) is 5.82 Å². The van der Waals surface area contributed by atoms with Crippen LogP contribution in [0.4, 0.5) is 40.9 Å². The molecule has 1 aromatic rings. The standard InChI is InChI=1S/C10H9F8N3O/c11-7(12)9(15,16)10(17,18)8(13,14)4-22-6-3-1-2-5(20-6)21-19/h1-3,7H,4,19H2,(H,20,21). The van der Waals surface area contributed by atoms with Crippen molar-refractivity contribution >= 4 is 5.82 Å². The fourth-order valence-electron chi connectivity index (χ4n) is 1.21. The average molecular weight is 339 g/mol. The summed E-state index contributed by atoms with van der Waals surface area (Å²) in [6, 6.07) is 3.38. The third-order valence-corrected chi connectivity index (χ3v) is 2.42. The molecule has 1 rings (SSSR count). The van der Waals surface area contributed by atoms with Crippen LogP contribution in [0.1, 0.15) is 0 Å². The predicted octanol–water partition coefficient (Wildman–Crippen LogP) is 2.92. The Bertz CT molecular complexity index is 511. The Hall–Kier alpha value is -1.85. The molecule has 0 bridgehead atoms. The lowest BCUT2D eigenvalue weighted by atomic mass is 10.1. The minimum absolute atomic E-state index is 0.0921. The normalized spacial score (nSPS) is 13.4. The van der Waals surface area contributed by atoms with Gasteiger partial charge in [-0.05, 0) is 6.07 Å². The molecule has 0 aromatic carbocycles. The van der Waals surface area contributed by atoms with Gasteiger partial charge < -0.3 is 10.2 Å². The second-order valence-corrected chi connectivity index (χ2v) is 4.00. The van der Waals surface area contributed by atoms with Crippen molar-refractivity contribution < 1.29 is 39.9 Å². The Kier molecular flexibility index (Phi) is 5.05. The summed E-state index contributed by atoms with van der Waals surface area (Å²) >= 11 is 0. The van der Waals surface area contributed by atoms with Crippen LogP contribution in [-0.4, -0.2) is 35.8 Å². The minimum atomic E-state index is -6.32. The lowest BCUT2D eigenvalue weighted by Crippen LogP contribution is -2.59. The first kappa shape index (κ1) is 18.2. The molecule has 0 aliphatic rings. The molecule has 22 heavy (non-hydrogen) atoms. The maximum absolute atomic E-state index is 13.2. The fourth-order valence-corrected chi connectivity index (χ4v) is 1.21. The van der Waals surface area contributed by atoms with Crippen LogP contribution < -0.4 is 16.0 Å². The highest BCUT2D eigenvalue weighted by atomic mass is 19.4. The van der Waals surface area contributed by atoms with Gasteiger partial charge in [0.05, 0.1) is 0 Å². The van der Waals surface area contributed by atoms with E-state index in [1.54, 1.807) is 0 Å². The second-order valence-electron chi connectivity index (χ2n) is 4.00. The Morgan fingerprint density at radius 1 is 1.14 bits per heavy atom. The monoisotopic (exact) mass is 339 g/mol. The number of aromatic nitrogens is 1. The van der Waals surface area contributed by atoms with Gasteiger partial charge in [0.15, 0.2) is 6.61 Å². The smallest absolute Gasteiger partial charge is 0.381 e. The number of ether oxygens (including phenoxy) is 1. The lowest BCUT2D eigenvalue weighted by Gasteiger charge is -2.31. The fraction of sp³-hybridized carbons (Fsp3) is 0.500. The summed E-state index contributed by atoms with van der Waals surface area (Å²) in [5.41, 5.74) is 1.99. The van der Waals surface area contributed by atoms with Gasteiger partial charge in [-0.3, -0.25) is 0 Å². The molecule has 0 spiro atoms. The van der Waals surface area contributed by atoms with E-state index in [4.69, 9.17) is 5.84 Å². The van der Waals surface area contributed by atoms with Crippen LogP contribution in [0.5, 0.6) is 5.88 Å². The highest BCUT2D eigenvalue weighted by Crippen LogP contribution is 2.48. The Balaban J connectivity index is 2.90. The first-order valence-corrected chi connectivity index (χ1v) is 5.44. The lowest BCUT2D eigenvalue weighted by molar-refractivity contribution is -0.342. The Morgan fingerprint density at radius 3 is 2.23 bits per heavy atom. The number of halogens is 8. The number of nitrogen functional groups attached to an aromatic ring is 1. The van der Waals surface area contributed by atoms with Crippen LogP contribution >= 0.6 is 0 Å². The summed E-state index contributed by atoms with van der Waals surface area (Å²) in [6.45, 7) is -2.29. The molecule has 0 aliphatic carbocycles. The van der Waals surface area contributed by atoms with E-state index in [0.717, 1.165) is 6.07 Å². The maximum Gasteiger partial charge on any atom is 0.381 e. The summed E-state index contributed by atoms with van der Waals surface area (Å²) in [5.74, 6) is -13.9. The number of hydrazine groups is 1. The first-order valence-electron chi connectivity index (χ1n) is 5.44. The molecule has 0 unspecified atom stereocenters. The largest absolute Gasteiger partial charge is 0.471 e. The van der Waals surface area contributed by atoms with Crippen molar-refractivity contribution in [2.24, 2.45) is 5.84 Å². The summed E-state index contributed by atoms with van der Waals surface area (Å²) in [6.07, 6.45) is -4.98. The van der Waals surface area contributed by atoms with Gasteiger partial charge in [-0.2, -0.15) is 31.3 Å². The number of pyridine rings is 1. The van der Waals surface area contributed by atoms with Crippen LogP contribution in [0.2, 0.25) is 0 Å². The van der Waals surface area contributed by atoms with Gasteiger partial charge in [-0.15, -0.1) is 0 Å². The van der Waals surface area contributed by atoms with Crippen LogP contribution in [0.15, 0.2) is 18.2 Å². The van der Waals surface area contributed by atoms with Crippen LogP contribution in [0.3, 0.4) is 0 Å². The van der Waals surface area contributed by atoms with E-state index in [0.29, 0.717) is 0 Å². The van der Waals surface area contributed by atoms with E-state index in [1.807, 2.05) is 5.43 Å². The molecular weight excluding hydrogens is 330 g/mol.